The molecule has 1 amide bonds. The van der Waals surface area contributed by atoms with Gasteiger partial charge in [0.1, 0.15) is 0 Å². The van der Waals surface area contributed by atoms with E-state index in [2.05, 4.69) is 5.73 Å². The first-order valence-electron chi connectivity index (χ1n) is 3.20. The number of amides is 1. The Morgan fingerprint density at radius 1 is 0.688 bits per heavy atom. The Hall–Kier alpha value is -2.65. The topological polar surface area (TPSA) is 192 Å². The van der Waals surface area contributed by atoms with Crippen LogP contribution in [-0.4, -0.2) is 50.2 Å². The van der Waals surface area contributed by atoms with Crippen LogP contribution in [0.5, 0.6) is 0 Å². The van der Waals surface area contributed by atoms with Crippen molar-refractivity contribution in [3.8, 4) is 0 Å². The number of rotatable bonds is 0. The Labute approximate surface area is 87.9 Å². The average Bonchev–Trinajstić information content (AvgIpc) is 2.03. The summed E-state index contributed by atoms with van der Waals surface area (Å²) in [4.78, 5) is 45.6. The molecule has 0 spiro atoms. The van der Waals surface area contributed by atoms with Crippen LogP contribution in [0.3, 0.4) is 0 Å². The first-order valence-corrected chi connectivity index (χ1v) is 3.20. The van der Waals surface area contributed by atoms with Gasteiger partial charge in [-0.3, -0.25) is 4.79 Å². The van der Waals surface area contributed by atoms with Gasteiger partial charge in [-0.05, 0) is 0 Å². The molecule has 6 N–H and O–H groups in total. The molecule has 0 aliphatic carbocycles. The molecule has 0 aliphatic rings. The largest absolute Gasteiger partial charge is 0.473 e. The van der Waals surface area contributed by atoms with Crippen molar-refractivity contribution in [3.63, 3.8) is 0 Å². The zero-order valence-electron chi connectivity index (χ0n) is 7.91. The number of carbonyl (C=O) groups is 5. The van der Waals surface area contributed by atoms with Crippen molar-refractivity contribution in [1.29, 1.82) is 0 Å². The molecule has 0 rings (SSSR count). The minimum atomic E-state index is -1.82. The van der Waals surface area contributed by atoms with Gasteiger partial charge in [-0.1, -0.05) is 0 Å². The first-order chi connectivity index (χ1) is 7.02. The van der Waals surface area contributed by atoms with Gasteiger partial charge in [0.2, 0.25) is 5.91 Å². The molecule has 16 heavy (non-hydrogen) atoms. The Morgan fingerprint density at radius 3 is 0.750 bits per heavy atom. The van der Waals surface area contributed by atoms with Gasteiger partial charge in [-0.2, -0.15) is 0 Å². The van der Waals surface area contributed by atoms with Crippen molar-refractivity contribution >= 4 is 29.8 Å². The van der Waals surface area contributed by atoms with Gasteiger partial charge in [0.25, 0.3) is 0 Å². The summed E-state index contributed by atoms with van der Waals surface area (Å²) in [5, 5.41) is 29.6. The maximum absolute atomic E-state index is 9.22. The van der Waals surface area contributed by atoms with E-state index in [4.69, 9.17) is 39.6 Å². The molecule has 10 heteroatoms. The molecule has 0 atom stereocenters. The second-order valence-corrected chi connectivity index (χ2v) is 1.83. The van der Waals surface area contributed by atoms with Gasteiger partial charge in [0.05, 0.1) is 0 Å². The molecule has 0 fully saturated rings. The number of hydrogen-bond donors (Lipinski definition) is 5. The summed E-state index contributed by atoms with van der Waals surface area (Å²) in [6.07, 6.45) is 0. The lowest BCUT2D eigenvalue weighted by Gasteiger charge is -1.72. The normalized spacial score (nSPS) is 7.06. The first kappa shape index (κ1) is 19.0. The van der Waals surface area contributed by atoms with Crippen LogP contribution in [0.4, 0.5) is 0 Å². The van der Waals surface area contributed by atoms with E-state index in [1.807, 2.05) is 0 Å². The van der Waals surface area contributed by atoms with Gasteiger partial charge >= 0.3 is 23.9 Å². The van der Waals surface area contributed by atoms with E-state index in [0.29, 0.717) is 0 Å². The van der Waals surface area contributed by atoms with E-state index in [9.17, 15) is 4.79 Å². The highest BCUT2D eigenvalue weighted by Gasteiger charge is 2.04. The van der Waals surface area contributed by atoms with Crippen molar-refractivity contribution in [2.75, 3.05) is 0 Å². The minimum Gasteiger partial charge on any atom is -0.473 e. The number of carbonyl (C=O) groups excluding carboxylic acids is 1. The Bertz CT molecular complexity index is 242. The van der Waals surface area contributed by atoms with Crippen LogP contribution >= 0.6 is 0 Å². The van der Waals surface area contributed by atoms with E-state index in [1.54, 1.807) is 0 Å². The maximum Gasteiger partial charge on any atom is 0.414 e. The second-order valence-electron chi connectivity index (χ2n) is 1.83. The standard InChI is InChI=1S/C2H5NO.2C2H2O4/c1-2(3)4;2*3-1(4)2(5)6/h1H3,(H2,3,4);2*(H,3,4)(H,5,6). The van der Waals surface area contributed by atoms with Crippen LogP contribution < -0.4 is 5.73 Å². The van der Waals surface area contributed by atoms with E-state index in [-0.39, 0.29) is 5.91 Å². The lowest BCUT2D eigenvalue weighted by atomic mass is 10.7. The summed E-state index contributed by atoms with van der Waals surface area (Å²) in [6, 6.07) is 0. The van der Waals surface area contributed by atoms with Crippen molar-refractivity contribution in [1.82, 2.24) is 0 Å². The van der Waals surface area contributed by atoms with Crippen LogP contribution in [0.2, 0.25) is 0 Å². The third-order valence-electron chi connectivity index (χ3n) is 0.366. The SMILES string of the molecule is CC(N)=O.O=C(O)C(=O)O.O=C(O)C(=O)O. The molecule has 0 heterocycles. The monoisotopic (exact) mass is 239 g/mol. The lowest BCUT2D eigenvalue weighted by Crippen LogP contribution is -2.09. The molecule has 10 nitrogen and oxygen atoms in total. The van der Waals surface area contributed by atoms with Crippen LogP contribution in [0.15, 0.2) is 0 Å². The van der Waals surface area contributed by atoms with Gasteiger partial charge in [0.15, 0.2) is 0 Å². The van der Waals surface area contributed by atoms with E-state index < -0.39 is 23.9 Å². The van der Waals surface area contributed by atoms with Crippen molar-refractivity contribution < 1.29 is 44.4 Å². The molecule has 0 unspecified atom stereocenters. The quantitative estimate of drug-likeness (QED) is 0.291. The summed E-state index contributed by atoms with van der Waals surface area (Å²) in [6.45, 7) is 1.31. The smallest absolute Gasteiger partial charge is 0.414 e. The third kappa shape index (κ3) is 42.5. The maximum atomic E-state index is 9.22. The Kier molecular flexibility index (Phi) is 12.4. The highest BCUT2D eigenvalue weighted by atomic mass is 16.4. The molecule has 0 aliphatic heterocycles. The second kappa shape index (κ2) is 10.4. The van der Waals surface area contributed by atoms with E-state index in [0.717, 1.165) is 0 Å². The van der Waals surface area contributed by atoms with Crippen molar-refractivity contribution in [2.24, 2.45) is 5.73 Å². The molecule has 0 aromatic rings. The number of primary amides is 1. The molecule has 0 bridgehead atoms. The number of aliphatic carboxylic acids is 4. The Morgan fingerprint density at radius 2 is 0.750 bits per heavy atom. The van der Waals surface area contributed by atoms with Gasteiger partial charge in [-0.25, -0.2) is 19.2 Å². The molecule has 0 radical (unpaired) electrons. The number of nitrogens with two attached hydrogens (primary N) is 1. The average molecular weight is 239 g/mol. The zero-order valence-corrected chi connectivity index (χ0v) is 7.91. The molecular formula is C6H9NO9. The van der Waals surface area contributed by atoms with E-state index in [1.165, 1.54) is 6.92 Å². The molecule has 92 valence electrons. The van der Waals surface area contributed by atoms with Gasteiger partial charge in [-0.15, -0.1) is 0 Å². The molecule has 0 saturated heterocycles. The number of hydrogen-bond acceptors (Lipinski definition) is 5. The van der Waals surface area contributed by atoms with Crippen LogP contribution in [-0.2, 0) is 24.0 Å². The van der Waals surface area contributed by atoms with Gasteiger partial charge in [0, 0.05) is 6.92 Å². The van der Waals surface area contributed by atoms with E-state index >= 15 is 0 Å². The van der Waals surface area contributed by atoms with Crippen LogP contribution in [0, 0.1) is 0 Å². The number of carboxylic acids is 4. The molecule has 0 aromatic carbocycles. The van der Waals surface area contributed by atoms with Crippen LogP contribution in [0.1, 0.15) is 6.92 Å². The van der Waals surface area contributed by atoms with Crippen molar-refractivity contribution in [3.05, 3.63) is 0 Å². The summed E-state index contributed by atoms with van der Waals surface area (Å²) in [7, 11) is 0. The number of carboxylic acid groups (broad SMARTS) is 4. The van der Waals surface area contributed by atoms with Crippen molar-refractivity contribution in [2.45, 2.75) is 6.92 Å². The lowest BCUT2D eigenvalue weighted by molar-refractivity contribution is -0.159. The minimum absolute atomic E-state index is 0.333. The van der Waals surface area contributed by atoms with Gasteiger partial charge < -0.3 is 26.2 Å². The fourth-order valence-electron chi connectivity index (χ4n) is 0. The summed E-state index contributed by atoms with van der Waals surface area (Å²) in [5.74, 6) is -7.63. The molecule has 0 aromatic heterocycles. The highest BCUT2D eigenvalue weighted by molar-refractivity contribution is 6.27. The summed E-state index contributed by atoms with van der Waals surface area (Å²) < 4.78 is 0. The fraction of sp³-hybridized carbons (Fsp3) is 0.167. The summed E-state index contributed by atoms with van der Waals surface area (Å²) in [5.41, 5.74) is 4.47. The van der Waals surface area contributed by atoms with Crippen LogP contribution in [0.25, 0.3) is 0 Å². The molecule has 0 saturated carbocycles. The zero-order chi connectivity index (χ0) is 13.9. The third-order valence-corrected chi connectivity index (χ3v) is 0.366. The summed E-state index contributed by atoms with van der Waals surface area (Å²) >= 11 is 0. The molecular weight excluding hydrogens is 230 g/mol. The predicted molar refractivity (Wildman–Crippen MR) is 45.4 cm³/mol. The Balaban J connectivity index is -0.000000162. The predicted octanol–water partition coefficient (Wildman–Crippen LogP) is -2.20. The fourth-order valence-corrected chi connectivity index (χ4v) is 0. The highest BCUT2D eigenvalue weighted by Crippen LogP contribution is 1.56.